The van der Waals surface area contributed by atoms with E-state index in [1.165, 1.54) is 11.1 Å². The molecule has 23 heavy (non-hydrogen) atoms. The molecule has 2 N–H and O–H groups in total. The lowest BCUT2D eigenvalue weighted by atomic mass is 10.1. The van der Waals surface area contributed by atoms with Crippen molar-refractivity contribution in [2.24, 2.45) is 4.99 Å². The third-order valence-electron chi connectivity index (χ3n) is 3.58. The Kier molecular flexibility index (Phi) is 7.20. The van der Waals surface area contributed by atoms with Crippen molar-refractivity contribution in [2.75, 3.05) is 20.2 Å². The van der Waals surface area contributed by atoms with Crippen molar-refractivity contribution >= 4 is 5.96 Å². The molecular formula is C18H26N4O. The molecule has 0 fully saturated rings. The van der Waals surface area contributed by atoms with E-state index in [1.54, 1.807) is 7.05 Å². The van der Waals surface area contributed by atoms with E-state index in [9.17, 15) is 0 Å². The number of nitrogens with one attached hydrogen (secondary N) is 2. The highest BCUT2D eigenvalue weighted by molar-refractivity contribution is 5.79. The van der Waals surface area contributed by atoms with Crippen LogP contribution in [-0.4, -0.2) is 30.7 Å². The number of hydrogen-bond donors (Lipinski definition) is 2. The standard InChI is InChI=1S/C18H26N4O/c1-3-23-15-17-9-5-4-8-16(17)14-21-18(19-2)20-10-13-22-11-6-7-12-22/h4-9,11-12H,3,10,13-15H2,1-2H3,(H2,19,20,21). The fraction of sp³-hybridized carbons (Fsp3) is 0.389. The average Bonchev–Trinajstić information content (AvgIpc) is 3.10. The van der Waals surface area contributed by atoms with Gasteiger partial charge in [0.1, 0.15) is 0 Å². The maximum Gasteiger partial charge on any atom is 0.191 e. The van der Waals surface area contributed by atoms with E-state index in [0.29, 0.717) is 6.61 Å². The zero-order chi connectivity index (χ0) is 16.3. The summed E-state index contributed by atoms with van der Waals surface area (Å²) in [7, 11) is 1.79. The van der Waals surface area contributed by atoms with Gasteiger partial charge in [-0.05, 0) is 30.2 Å². The Bertz CT molecular complexity index is 593. The SMILES string of the molecule is CCOCc1ccccc1CNC(=NC)NCCn1cccc1. The minimum Gasteiger partial charge on any atom is -0.377 e. The van der Waals surface area contributed by atoms with Gasteiger partial charge in [-0.1, -0.05) is 24.3 Å². The van der Waals surface area contributed by atoms with E-state index >= 15 is 0 Å². The molecule has 0 atom stereocenters. The molecule has 2 aromatic rings. The highest BCUT2D eigenvalue weighted by Crippen LogP contribution is 2.09. The molecule has 0 saturated heterocycles. The van der Waals surface area contributed by atoms with Gasteiger partial charge in [-0.2, -0.15) is 0 Å². The number of ether oxygens (including phenoxy) is 1. The molecule has 0 spiro atoms. The summed E-state index contributed by atoms with van der Waals surface area (Å²) < 4.78 is 7.66. The Balaban J connectivity index is 1.81. The molecule has 0 bridgehead atoms. The molecule has 2 rings (SSSR count). The number of aliphatic imine (C=N–C) groups is 1. The third-order valence-corrected chi connectivity index (χ3v) is 3.58. The second-order valence-electron chi connectivity index (χ2n) is 5.18. The molecule has 1 aromatic heterocycles. The first kappa shape index (κ1) is 17.1. The maximum absolute atomic E-state index is 5.52. The summed E-state index contributed by atoms with van der Waals surface area (Å²) in [5, 5.41) is 6.68. The average molecular weight is 314 g/mol. The second-order valence-corrected chi connectivity index (χ2v) is 5.18. The fourth-order valence-electron chi connectivity index (χ4n) is 2.30. The number of benzene rings is 1. The van der Waals surface area contributed by atoms with Gasteiger partial charge < -0.3 is 19.9 Å². The van der Waals surface area contributed by atoms with Crippen molar-refractivity contribution in [1.82, 2.24) is 15.2 Å². The number of guanidine groups is 1. The molecule has 0 amide bonds. The Hall–Kier alpha value is -2.27. The topological polar surface area (TPSA) is 50.6 Å². The zero-order valence-electron chi connectivity index (χ0n) is 14.0. The van der Waals surface area contributed by atoms with E-state index in [2.05, 4.69) is 50.8 Å². The summed E-state index contributed by atoms with van der Waals surface area (Å²) in [4.78, 5) is 4.27. The van der Waals surface area contributed by atoms with Crippen LogP contribution in [0.5, 0.6) is 0 Å². The smallest absolute Gasteiger partial charge is 0.191 e. The van der Waals surface area contributed by atoms with E-state index in [1.807, 2.05) is 25.1 Å². The first-order valence-corrected chi connectivity index (χ1v) is 8.03. The molecule has 0 radical (unpaired) electrons. The van der Waals surface area contributed by atoms with E-state index in [4.69, 9.17) is 4.74 Å². The number of rotatable bonds is 8. The van der Waals surface area contributed by atoms with Crippen LogP contribution in [0.1, 0.15) is 18.1 Å². The maximum atomic E-state index is 5.52. The summed E-state index contributed by atoms with van der Waals surface area (Å²) >= 11 is 0. The minimum absolute atomic E-state index is 0.647. The second kappa shape index (κ2) is 9.69. The Labute approximate surface area is 138 Å². The van der Waals surface area contributed by atoms with Gasteiger partial charge in [-0.3, -0.25) is 4.99 Å². The van der Waals surface area contributed by atoms with Crippen LogP contribution in [0.15, 0.2) is 53.8 Å². The van der Waals surface area contributed by atoms with Crippen molar-refractivity contribution < 1.29 is 4.74 Å². The van der Waals surface area contributed by atoms with Gasteiger partial charge in [-0.15, -0.1) is 0 Å². The van der Waals surface area contributed by atoms with Gasteiger partial charge in [0.2, 0.25) is 0 Å². The largest absolute Gasteiger partial charge is 0.377 e. The molecule has 1 aromatic carbocycles. The molecular weight excluding hydrogens is 288 g/mol. The molecule has 5 heteroatoms. The highest BCUT2D eigenvalue weighted by atomic mass is 16.5. The number of hydrogen-bond acceptors (Lipinski definition) is 2. The molecule has 124 valence electrons. The van der Waals surface area contributed by atoms with Crippen molar-refractivity contribution in [3.63, 3.8) is 0 Å². The lowest BCUT2D eigenvalue weighted by Gasteiger charge is -2.14. The van der Waals surface area contributed by atoms with Crippen LogP contribution in [0.4, 0.5) is 0 Å². The first-order chi connectivity index (χ1) is 11.3. The van der Waals surface area contributed by atoms with E-state index < -0.39 is 0 Å². The summed E-state index contributed by atoms with van der Waals surface area (Å²) in [6.45, 7) is 5.85. The molecule has 0 aliphatic heterocycles. The van der Waals surface area contributed by atoms with Crippen LogP contribution >= 0.6 is 0 Å². The Morgan fingerprint density at radius 1 is 1.09 bits per heavy atom. The highest BCUT2D eigenvalue weighted by Gasteiger charge is 2.03. The lowest BCUT2D eigenvalue weighted by Crippen LogP contribution is -2.38. The van der Waals surface area contributed by atoms with Gasteiger partial charge in [0.25, 0.3) is 0 Å². The van der Waals surface area contributed by atoms with E-state index in [0.717, 1.165) is 32.2 Å². The molecule has 0 saturated carbocycles. The zero-order valence-corrected chi connectivity index (χ0v) is 14.0. The third kappa shape index (κ3) is 5.79. The van der Waals surface area contributed by atoms with Crippen LogP contribution in [-0.2, 0) is 24.4 Å². The minimum atomic E-state index is 0.647. The summed E-state index contributed by atoms with van der Waals surface area (Å²) in [6, 6.07) is 12.4. The quantitative estimate of drug-likeness (QED) is 0.581. The predicted octanol–water partition coefficient (Wildman–Crippen LogP) is 2.39. The van der Waals surface area contributed by atoms with Crippen molar-refractivity contribution in [2.45, 2.75) is 26.6 Å². The fourth-order valence-corrected chi connectivity index (χ4v) is 2.30. The number of aromatic nitrogens is 1. The first-order valence-electron chi connectivity index (χ1n) is 8.03. The number of nitrogens with zero attached hydrogens (tertiary/aromatic N) is 2. The molecule has 0 unspecified atom stereocenters. The Morgan fingerprint density at radius 3 is 2.52 bits per heavy atom. The van der Waals surface area contributed by atoms with Gasteiger partial charge in [-0.25, -0.2) is 0 Å². The monoisotopic (exact) mass is 314 g/mol. The summed E-state index contributed by atoms with van der Waals surface area (Å²) in [5.74, 6) is 0.809. The van der Waals surface area contributed by atoms with Crippen LogP contribution in [0.2, 0.25) is 0 Å². The van der Waals surface area contributed by atoms with Crippen molar-refractivity contribution in [3.05, 3.63) is 59.9 Å². The van der Waals surface area contributed by atoms with Gasteiger partial charge in [0, 0.05) is 45.7 Å². The lowest BCUT2D eigenvalue weighted by molar-refractivity contribution is 0.133. The van der Waals surface area contributed by atoms with Crippen LogP contribution in [0.3, 0.4) is 0 Å². The van der Waals surface area contributed by atoms with Crippen LogP contribution < -0.4 is 10.6 Å². The summed E-state index contributed by atoms with van der Waals surface area (Å²) in [6.07, 6.45) is 4.11. The van der Waals surface area contributed by atoms with E-state index in [-0.39, 0.29) is 0 Å². The molecule has 1 heterocycles. The molecule has 0 aliphatic carbocycles. The molecule has 0 aliphatic rings. The summed E-state index contributed by atoms with van der Waals surface area (Å²) in [5.41, 5.74) is 2.44. The van der Waals surface area contributed by atoms with Crippen LogP contribution in [0.25, 0.3) is 0 Å². The van der Waals surface area contributed by atoms with Gasteiger partial charge in [0.15, 0.2) is 5.96 Å². The van der Waals surface area contributed by atoms with Gasteiger partial charge in [0.05, 0.1) is 6.61 Å². The molecule has 5 nitrogen and oxygen atoms in total. The van der Waals surface area contributed by atoms with Gasteiger partial charge >= 0.3 is 0 Å². The van der Waals surface area contributed by atoms with Crippen LogP contribution in [0, 0.1) is 0 Å². The van der Waals surface area contributed by atoms with Crippen molar-refractivity contribution in [3.8, 4) is 0 Å². The Morgan fingerprint density at radius 2 is 1.83 bits per heavy atom. The van der Waals surface area contributed by atoms with Crippen molar-refractivity contribution in [1.29, 1.82) is 0 Å². The predicted molar refractivity (Wildman–Crippen MR) is 94.4 cm³/mol. The normalized spacial score (nSPS) is 11.5.